The van der Waals surface area contributed by atoms with Crippen molar-refractivity contribution >= 4 is 5.78 Å². The molecule has 2 N–H and O–H groups in total. The summed E-state index contributed by atoms with van der Waals surface area (Å²) in [5.41, 5.74) is 6.06. The van der Waals surface area contributed by atoms with E-state index in [4.69, 9.17) is 10.5 Å². The molecule has 0 bridgehead atoms. The Balaban J connectivity index is 2.06. The van der Waals surface area contributed by atoms with E-state index in [9.17, 15) is 4.79 Å². The number of hydrogen-bond donors (Lipinski definition) is 1. The molecule has 3 nitrogen and oxygen atoms in total. The van der Waals surface area contributed by atoms with Crippen molar-refractivity contribution in [2.75, 3.05) is 0 Å². The quantitative estimate of drug-likeness (QED) is 0.795. The van der Waals surface area contributed by atoms with Crippen LogP contribution in [0.3, 0.4) is 0 Å². The molecule has 0 atom stereocenters. The molecular formula is C14H19NO2. The van der Waals surface area contributed by atoms with Gasteiger partial charge in [0.15, 0.2) is 5.78 Å². The average Bonchev–Trinajstić information content (AvgIpc) is 2.99. The molecule has 2 rings (SSSR count). The van der Waals surface area contributed by atoms with Crippen LogP contribution < -0.4 is 10.5 Å². The van der Waals surface area contributed by atoms with Crippen molar-refractivity contribution < 1.29 is 9.53 Å². The first-order valence-electron chi connectivity index (χ1n) is 6.03. The molecule has 1 aromatic rings. The van der Waals surface area contributed by atoms with Crippen LogP contribution in [-0.4, -0.2) is 17.4 Å². The van der Waals surface area contributed by atoms with Crippen molar-refractivity contribution in [1.82, 2.24) is 0 Å². The van der Waals surface area contributed by atoms with Gasteiger partial charge in [0.05, 0.1) is 6.10 Å². The Bertz CT molecular complexity index is 416. The minimum absolute atomic E-state index is 0.0683. The second-order valence-corrected chi connectivity index (χ2v) is 5.43. The lowest BCUT2D eigenvalue weighted by atomic mass is 9.95. The van der Waals surface area contributed by atoms with Crippen LogP contribution in [-0.2, 0) is 0 Å². The largest absolute Gasteiger partial charge is 0.490 e. The van der Waals surface area contributed by atoms with E-state index in [0.29, 0.717) is 18.1 Å². The average molecular weight is 233 g/mol. The molecular weight excluding hydrogens is 214 g/mol. The fraction of sp³-hybridized carbons (Fsp3) is 0.500. The van der Waals surface area contributed by atoms with E-state index in [-0.39, 0.29) is 5.78 Å². The van der Waals surface area contributed by atoms with Crippen LogP contribution in [0, 0.1) is 0 Å². The second kappa shape index (κ2) is 4.49. The molecule has 1 saturated carbocycles. The highest BCUT2D eigenvalue weighted by Gasteiger charge is 2.24. The number of carbonyl (C=O) groups excluding carboxylic acids is 1. The summed E-state index contributed by atoms with van der Waals surface area (Å²) in [6, 6.07) is 7.37. The number of hydrogen-bond acceptors (Lipinski definition) is 3. The zero-order valence-electron chi connectivity index (χ0n) is 10.4. The predicted molar refractivity (Wildman–Crippen MR) is 67.3 cm³/mol. The number of Topliss-reactive ketones (excluding diaryl/α,β-unsaturated/α-hetero) is 1. The zero-order valence-corrected chi connectivity index (χ0v) is 10.4. The molecule has 92 valence electrons. The minimum Gasteiger partial charge on any atom is -0.490 e. The maximum absolute atomic E-state index is 12.0. The Morgan fingerprint density at radius 1 is 1.47 bits per heavy atom. The van der Waals surface area contributed by atoms with Crippen molar-refractivity contribution in [3.05, 3.63) is 29.8 Å². The van der Waals surface area contributed by atoms with E-state index in [1.165, 1.54) is 0 Å². The molecule has 0 aromatic heterocycles. The highest BCUT2D eigenvalue weighted by atomic mass is 16.5. The van der Waals surface area contributed by atoms with Gasteiger partial charge in [-0.1, -0.05) is 12.1 Å². The molecule has 0 amide bonds. The van der Waals surface area contributed by atoms with Gasteiger partial charge >= 0.3 is 0 Å². The number of carbonyl (C=O) groups is 1. The van der Waals surface area contributed by atoms with E-state index < -0.39 is 5.54 Å². The summed E-state index contributed by atoms with van der Waals surface area (Å²) in [5.74, 6) is 0.854. The summed E-state index contributed by atoms with van der Waals surface area (Å²) in [6.07, 6.45) is 2.94. The molecule has 3 heteroatoms. The topological polar surface area (TPSA) is 52.3 Å². The summed E-state index contributed by atoms with van der Waals surface area (Å²) in [6.45, 7) is 3.71. The van der Waals surface area contributed by atoms with Crippen molar-refractivity contribution in [3.63, 3.8) is 0 Å². The summed E-state index contributed by atoms with van der Waals surface area (Å²) >= 11 is 0. The number of rotatable bonds is 5. The Morgan fingerprint density at radius 3 is 2.76 bits per heavy atom. The SMILES string of the molecule is CC(C)(N)CC(=O)c1cccc(OC2CC2)c1. The van der Waals surface area contributed by atoms with Gasteiger partial charge in [-0.15, -0.1) is 0 Å². The zero-order chi connectivity index (χ0) is 12.5. The van der Waals surface area contributed by atoms with E-state index in [1.54, 1.807) is 0 Å². The fourth-order valence-electron chi connectivity index (χ4n) is 1.64. The number of benzene rings is 1. The molecule has 1 fully saturated rings. The smallest absolute Gasteiger partial charge is 0.164 e. The van der Waals surface area contributed by atoms with Crippen LogP contribution in [0.5, 0.6) is 5.75 Å². The first-order valence-corrected chi connectivity index (χ1v) is 6.03. The number of nitrogens with two attached hydrogens (primary N) is 1. The third-order valence-electron chi connectivity index (χ3n) is 2.60. The Hall–Kier alpha value is -1.35. The third-order valence-corrected chi connectivity index (χ3v) is 2.60. The van der Waals surface area contributed by atoms with Gasteiger partial charge in [0, 0.05) is 17.5 Å². The predicted octanol–water partition coefficient (Wildman–Crippen LogP) is 2.54. The second-order valence-electron chi connectivity index (χ2n) is 5.43. The van der Waals surface area contributed by atoms with Gasteiger partial charge < -0.3 is 10.5 Å². The van der Waals surface area contributed by atoms with Gasteiger partial charge in [-0.05, 0) is 38.8 Å². The van der Waals surface area contributed by atoms with Crippen molar-refractivity contribution in [1.29, 1.82) is 0 Å². The van der Waals surface area contributed by atoms with Crippen LogP contribution in [0.2, 0.25) is 0 Å². The lowest BCUT2D eigenvalue weighted by Crippen LogP contribution is -2.34. The van der Waals surface area contributed by atoms with Crippen LogP contribution >= 0.6 is 0 Å². The standard InChI is InChI=1S/C14H19NO2/c1-14(2,15)9-13(16)10-4-3-5-12(8-10)17-11-6-7-11/h3-5,8,11H,6-7,9,15H2,1-2H3. The van der Waals surface area contributed by atoms with E-state index in [1.807, 2.05) is 38.1 Å². The normalized spacial score (nSPS) is 15.7. The number of ether oxygens (including phenoxy) is 1. The third kappa shape index (κ3) is 3.86. The van der Waals surface area contributed by atoms with Crippen LogP contribution in [0.1, 0.15) is 43.5 Å². The van der Waals surface area contributed by atoms with Crippen molar-refractivity contribution in [2.24, 2.45) is 5.73 Å². The summed E-state index contributed by atoms with van der Waals surface area (Å²) < 4.78 is 5.66. The summed E-state index contributed by atoms with van der Waals surface area (Å²) in [5, 5.41) is 0. The fourth-order valence-corrected chi connectivity index (χ4v) is 1.64. The van der Waals surface area contributed by atoms with Gasteiger partial charge in [0.25, 0.3) is 0 Å². The molecule has 0 saturated heterocycles. The maximum atomic E-state index is 12.0. The Morgan fingerprint density at radius 2 is 2.18 bits per heavy atom. The van der Waals surface area contributed by atoms with Crippen LogP contribution in [0.15, 0.2) is 24.3 Å². The molecule has 17 heavy (non-hydrogen) atoms. The van der Waals surface area contributed by atoms with Crippen LogP contribution in [0.4, 0.5) is 0 Å². The minimum atomic E-state index is -0.468. The molecule has 0 spiro atoms. The molecule has 0 heterocycles. The van der Waals surface area contributed by atoms with Gasteiger partial charge in [-0.3, -0.25) is 4.79 Å². The lowest BCUT2D eigenvalue weighted by Gasteiger charge is -2.17. The lowest BCUT2D eigenvalue weighted by molar-refractivity contribution is 0.0960. The Kier molecular flexibility index (Phi) is 3.20. The summed E-state index contributed by atoms with van der Waals surface area (Å²) in [7, 11) is 0. The molecule has 0 aliphatic heterocycles. The first kappa shape index (κ1) is 12.1. The van der Waals surface area contributed by atoms with Crippen molar-refractivity contribution in [3.8, 4) is 5.75 Å². The highest BCUT2D eigenvalue weighted by molar-refractivity contribution is 5.97. The van der Waals surface area contributed by atoms with E-state index >= 15 is 0 Å². The maximum Gasteiger partial charge on any atom is 0.164 e. The van der Waals surface area contributed by atoms with E-state index in [2.05, 4.69) is 0 Å². The number of ketones is 1. The molecule has 0 unspecified atom stereocenters. The molecule has 0 radical (unpaired) electrons. The molecule has 1 aromatic carbocycles. The van der Waals surface area contributed by atoms with Crippen molar-refractivity contribution in [2.45, 2.75) is 44.8 Å². The van der Waals surface area contributed by atoms with Gasteiger partial charge in [-0.2, -0.15) is 0 Å². The van der Waals surface area contributed by atoms with Gasteiger partial charge in [-0.25, -0.2) is 0 Å². The van der Waals surface area contributed by atoms with Gasteiger partial charge in [0.2, 0.25) is 0 Å². The van der Waals surface area contributed by atoms with E-state index in [0.717, 1.165) is 18.6 Å². The molecule has 1 aliphatic carbocycles. The monoisotopic (exact) mass is 233 g/mol. The van der Waals surface area contributed by atoms with Crippen LogP contribution in [0.25, 0.3) is 0 Å². The molecule has 1 aliphatic rings. The highest BCUT2D eigenvalue weighted by Crippen LogP contribution is 2.27. The summed E-state index contributed by atoms with van der Waals surface area (Å²) in [4.78, 5) is 12.0. The Labute approximate surface area is 102 Å². The van der Waals surface area contributed by atoms with Gasteiger partial charge in [0.1, 0.15) is 5.75 Å². The first-order chi connectivity index (χ1) is 7.94.